The number of nitrogens with one attached hydrogen (secondary N) is 1. The second kappa shape index (κ2) is 12.9. The van der Waals surface area contributed by atoms with E-state index in [2.05, 4.69) is 44.4 Å². The van der Waals surface area contributed by atoms with Crippen LogP contribution in [-0.2, 0) is 19.8 Å². The number of aliphatic hydroxyl groups is 1. The molecule has 2 N–H and O–H groups in total. The van der Waals surface area contributed by atoms with Crippen LogP contribution in [-0.4, -0.2) is 22.7 Å². The summed E-state index contributed by atoms with van der Waals surface area (Å²) in [4.78, 5) is 4.15. The van der Waals surface area contributed by atoms with E-state index in [0.29, 0.717) is 36.3 Å². The van der Waals surface area contributed by atoms with Gasteiger partial charge in [-0.25, -0.2) is 0 Å². The van der Waals surface area contributed by atoms with Crippen molar-refractivity contribution in [2.45, 2.75) is 32.7 Å². The molecule has 36 heavy (non-hydrogen) atoms. The summed E-state index contributed by atoms with van der Waals surface area (Å²) in [6.07, 6.45) is 3.50. The number of pyridine rings is 1. The van der Waals surface area contributed by atoms with Crippen LogP contribution in [0.3, 0.4) is 0 Å². The summed E-state index contributed by atoms with van der Waals surface area (Å²) in [5.41, 5.74) is 5.07. The molecule has 0 saturated heterocycles. The van der Waals surface area contributed by atoms with Gasteiger partial charge >= 0.3 is 0 Å². The normalized spacial score (nSPS) is 11.8. The van der Waals surface area contributed by atoms with Gasteiger partial charge in [-0.05, 0) is 46.1 Å². The number of rotatable bonds is 11. The monoisotopic (exact) mass is 566 g/mol. The third-order valence-electron chi connectivity index (χ3n) is 5.69. The van der Waals surface area contributed by atoms with Crippen molar-refractivity contribution in [1.29, 1.82) is 0 Å². The van der Waals surface area contributed by atoms with E-state index >= 15 is 0 Å². The number of halogens is 2. The van der Waals surface area contributed by atoms with Gasteiger partial charge in [-0.2, -0.15) is 0 Å². The lowest BCUT2D eigenvalue weighted by Crippen LogP contribution is -2.28. The largest absolute Gasteiger partial charge is 0.488 e. The Bertz CT molecular complexity index is 1270. The summed E-state index contributed by atoms with van der Waals surface area (Å²) in [5.74, 6) is 1.20. The molecule has 4 aromatic rings. The van der Waals surface area contributed by atoms with Gasteiger partial charge in [-0.1, -0.05) is 66.2 Å². The highest BCUT2D eigenvalue weighted by molar-refractivity contribution is 9.10. The molecular formula is C29H28BrClN2O3. The summed E-state index contributed by atoms with van der Waals surface area (Å²) >= 11 is 10.4. The number of ether oxygens (including phenoxy) is 2. The molecule has 1 aromatic heterocycles. The Balaban J connectivity index is 1.55. The molecule has 1 unspecified atom stereocenters. The SMILES string of the molecule is CC(CO)NCc1cc(Cl)c(OCc2cccc(-c3ccccc3)c2Br)cc1OCc1cccnc1. The second-order valence-corrected chi connectivity index (χ2v) is 9.64. The lowest BCUT2D eigenvalue weighted by Gasteiger charge is -2.18. The lowest BCUT2D eigenvalue weighted by atomic mass is 10.0. The Morgan fingerprint density at radius 3 is 2.50 bits per heavy atom. The fourth-order valence-electron chi connectivity index (χ4n) is 3.64. The van der Waals surface area contributed by atoms with Gasteiger partial charge in [-0.3, -0.25) is 4.98 Å². The van der Waals surface area contributed by atoms with Crippen LogP contribution in [0, 0.1) is 0 Å². The summed E-state index contributed by atoms with van der Waals surface area (Å²) in [7, 11) is 0. The molecule has 0 saturated carbocycles. The summed E-state index contributed by atoms with van der Waals surface area (Å²) < 4.78 is 13.3. The standard InChI is InChI=1S/C29H28BrClN2O3/c1-20(17-34)33-16-24-13-26(31)28(14-27(24)35-18-21-7-6-12-32-15-21)36-19-23-10-5-11-25(29(23)30)22-8-3-2-4-9-22/h2-15,20,33-34H,16-19H2,1H3. The molecule has 0 aliphatic rings. The van der Waals surface area contributed by atoms with Crippen molar-refractivity contribution in [3.8, 4) is 22.6 Å². The van der Waals surface area contributed by atoms with Gasteiger partial charge in [0.1, 0.15) is 24.7 Å². The van der Waals surface area contributed by atoms with Crippen LogP contribution in [0.2, 0.25) is 5.02 Å². The Morgan fingerprint density at radius 1 is 0.944 bits per heavy atom. The molecule has 0 aliphatic carbocycles. The quantitative estimate of drug-likeness (QED) is 0.209. The molecule has 0 radical (unpaired) electrons. The zero-order valence-corrected chi connectivity index (χ0v) is 22.3. The minimum atomic E-state index is -0.0554. The van der Waals surface area contributed by atoms with E-state index in [1.807, 2.05) is 61.5 Å². The van der Waals surface area contributed by atoms with Crippen LogP contribution in [0.25, 0.3) is 11.1 Å². The van der Waals surface area contributed by atoms with Crippen molar-refractivity contribution in [3.63, 3.8) is 0 Å². The van der Waals surface area contributed by atoms with Crippen LogP contribution in [0.5, 0.6) is 11.5 Å². The van der Waals surface area contributed by atoms with Crippen LogP contribution in [0.4, 0.5) is 0 Å². The number of nitrogens with zero attached hydrogens (tertiary/aromatic N) is 1. The molecule has 5 nitrogen and oxygen atoms in total. The van der Waals surface area contributed by atoms with Crippen LogP contribution >= 0.6 is 27.5 Å². The average Bonchev–Trinajstić information content (AvgIpc) is 2.92. The molecule has 0 spiro atoms. The molecular weight excluding hydrogens is 540 g/mol. The maximum atomic E-state index is 9.38. The van der Waals surface area contributed by atoms with Gasteiger partial charge < -0.3 is 19.9 Å². The maximum absolute atomic E-state index is 9.38. The van der Waals surface area contributed by atoms with Crippen molar-refractivity contribution in [1.82, 2.24) is 10.3 Å². The Morgan fingerprint density at radius 2 is 1.75 bits per heavy atom. The molecule has 186 valence electrons. The van der Waals surface area contributed by atoms with Gasteiger partial charge in [0.2, 0.25) is 0 Å². The molecule has 0 amide bonds. The molecule has 3 aromatic carbocycles. The van der Waals surface area contributed by atoms with Gasteiger partial charge in [-0.15, -0.1) is 0 Å². The van der Waals surface area contributed by atoms with Gasteiger partial charge in [0.05, 0.1) is 11.6 Å². The summed E-state index contributed by atoms with van der Waals surface area (Å²) in [5, 5.41) is 13.1. The minimum absolute atomic E-state index is 0.0394. The topological polar surface area (TPSA) is 63.6 Å². The zero-order valence-electron chi connectivity index (χ0n) is 20.0. The Labute approximate surface area is 225 Å². The van der Waals surface area contributed by atoms with Crippen LogP contribution < -0.4 is 14.8 Å². The predicted molar refractivity (Wildman–Crippen MR) is 147 cm³/mol. The molecule has 0 fully saturated rings. The first-order valence-corrected chi connectivity index (χ1v) is 12.9. The first-order valence-electron chi connectivity index (χ1n) is 11.7. The van der Waals surface area contributed by atoms with E-state index in [1.165, 1.54) is 0 Å². The molecule has 4 rings (SSSR count). The first-order chi connectivity index (χ1) is 17.5. The number of hydrogen-bond donors (Lipinski definition) is 2. The third-order valence-corrected chi connectivity index (χ3v) is 6.93. The average molecular weight is 568 g/mol. The van der Waals surface area contributed by atoms with Crippen LogP contribution in [0.1, 0.15) is 23.6 Å². The van der Waals surface area contributed by atoms with Gasteiger partial charge in [0.15, 0.2) is 0 Å². The van der Waals surface area contributed by atoms with Crippen molar-refractivity contribution >= 4 is 27.5 Å². The fraction of sp³-hybridized carbons (Fsp3) is 0.207. The van der Waals surface area contributed by atoms with E-state index in [4.69, 9.17) is 21.1 Å². The fourth-order valence-corrected chi connectivity index (χ4v) is 4.49. The van der Waals surface area contributed by atoms with E-state index in [9.17, 15) is 5.11 Å². The number of benzene rings is 3. The number of aliphatic hydroxyl groups excluding tert-OH is 1. The van der Waals surface area contributed by atoms with E-state index in [-0.39, 0.29) is 12.6 Å². The highest BCUT2D eigenvalue weighted by Crippen LogP contribution is 2.36. The lowest BCUT2D eigenvalue weighted by molar-refractivity contribution is 0.249. The zero-order chi connectivity index (χ0) is 25.3. The maximum Gasteiger partial charge on any atom is 0.142 e. The molecule has 7 heteroatoms. The van der Waals surface area contributed by atoms with E-state index < -0.39 is 0 Å². The summed E-state index contributed by atoms with van der Waals surface area (Å²) in [6, 6.07) is 23.8. The highest BCUT2D eigenvalue weighted by Gasteiger charge is 2.14. The van der Waals surface area contributed by atoms with Gasteiger partial charge in [0, 0.05) is 52.2 Å². The Kier molecular flexibility index (Phi) is 9.36. The van der Waals surface area contributed by atoms with E-state index in [0.717, 1.165) is 32.3 Å². The molecule has 0 aliphatic heterocycles. The minimum Gasteiger partial charge on any atom is -0.488 e. The van der Waals surface area contributed by atoms with E-state index in [1.54, 1.807) is 12.4 Å². The third kappa shape index (κ3) is 6.86. The van der Waals surface area contributed by atoms with Crippen molar-refractivity contribution in [2.75, 3.05) is 6.61 Å². The van der Waals surface area contributed by atoms with Crippen molar-refractivity contribution < 1.29 is 14.6 Å². The molecule has 1 heterocycles. The second-order valence-electron chi connectivity index (χ2n) is 8.44. The van der Waals surface area contributed by atoms with Gasteiger partial charge in [0.25, 0.3) is 0 Å². The highest BCUT2D eigenvalue weighted by atomic mass is 79.9. The number of hydrogen-bond acceptors (Lipinski definition) is 5. The van der Waals surface area contributed by atoms with Crippen LogP contribution in [0.15, 0.2) is 89.7 Å². The Hall–Kier alpha value is -2.90. The van der Waals surface area contributed by atoms with Crippen molar-refractivity contribution in [2.24, 2.45) is 0 Å². The summed E-state index contributed by atoms with van der Waals surface area (Å²) in [6.45, 7) is 3.15. The molecule has 1 atom stereocenters. The van der Waals surface area contributed by atoms with Crippen molar-refractivity contribution in [3.05, 3.63) is 111 Å². The first kappa shape index (κ1) is 26.2. The molecule has 0 bridgehead atoms. The smallest absolute Gasteiger partial charge is 0.142 e. The predicted octanol–water partition coefficient (Wildman–Crippen LogP) is 6.79. The number of aromatic nitrogens is 1.